The number of aromatic nitrogens is 1. The lowest BCUT2D eigenvalue weighted by atomic mass is 9.81. The van der Waals surface area contributed by atoms with Gasteiger partial charge in [0.25, 0.3) is 0 Å². The number of alkyl halides is 6. The van der Waals surface area contributed by atoms with Crippen molar-refractivity contribution >= 4 is 17.4 Å². The maximum absolute atomic E-state index is 14.6. The van der Waals surface area contributed by atoms with E-state index in [0.29, 0.717) is 17.7 Å². The van der Waals surface area contributed by atoms with Crippen molar-refractivity contribution in [2.75, 3.05) is 43.2 Å². The van der Waals surface area contributed by atoms with Crippen molar-refractivity contribution in [3.63, 3.8) is 0 Å². The van der Waals surface area contributed by atoms with Crippen LogP contribution in [0.5, 0.6) is 0 Å². The molecule has 3 rings (SSSR count). The molecule has 1 heterocycles. The van der Waals surface area contributed by atoms with Gasteiger partial charge in [-0.15, -0.1) is 0 Å². The van der Waals surface area contributed by atoms with E-state index in [0.717, 1.165) is 4.90 Å². The number of carbonyl (C=O) groups is 1. The molecule has 0 aliphatic heterocycles. The molecule has 0 radical (unpaired) electrons. The summed E-state index contributed by atoms with van der Waals surface area (Å²) in [5, 5.41) is 18.9. The molecule has 2 aromatic carbocycles. The molecule has 0 saturated carbocycles. The maximum atomic E-state index is 14.6. The van der Waals surface area contributed by atoms with Crippen LogP contribution in [0, 0.1) is 12.7 Å². The van der Waals surface area contributed by atoms with E-state index >= 15 is 0 Å². The summed E-state index contributed by atoms with van der Waals surface area (Å²) in [4.78, 5) is 20.8. The largest absolute Gasteiger partial charge is 0.416 e. The molecular formula is C29H30F7N3O3. The number of anilines is 2. The Balaban J connectivity index is 2.20. The monoisotopic (exact) mass is 601 g/mol. The van der Waals surface area contributed by atoms with Crippen molar-refractivity contribution in [1.29, 1.82) is 0 Å². The average molecular weight is 602 g/mol. The Morgan fingerprint density at radius 3 is 1.88 bits per heavy atom. The third-order valence-corrected chi connectivity index (χ3v) is 7.00. The quantitative estimate of drug-likeness (QED) is 0.296. The molecule has 2 N–H and O–H groups in total. The first-order valence-electron chi connectivity index (χ1n) is 12.7. The van der Waals surface area contributed by atoms with Gasteiger partial charge in [0.1, 0.15) is 11.6 Å². The number of amides is 1. The molecule has 0 spiro atoms. The van der Waals surface area contributed by atoms with E-state index in [1.165, 1.54) is 52.2 Å². The first-order chi connectivity index (χ1) is 19.4. The number of likely N-dealkylation sites (N-methyl/N-ethyl adjacent to an activating group) is 1. The number of aliphatic hydroxyl groups excluding tert-OH is 2. The van der Waals surface area contributed by atoms with E-state index < -0.39 is 46.2 Å². The molecular weight excluding hydrogens is 571 g/mol. The highest BCUT2D eigenvalue weighted by atomic mass is 19.4. The highest BCUT2D eigenvalue weighted by molar-refractivity contribution is 6.03. The van der Waals surface area contributed by atoms with Crippen LogP contribution in [0.4, 0.5) is 42.2 Å². The van der Waals surface area contributed by atoms with Crippen LogP contribution in [0.2, 0.25) is 0 Å². The molecule has 0 atom stereocenters. The number of nitrogens with zero attached hydrogens (tertiary/aromatic N) is 3. The normalized spacial score (nSPS) is 12.4. The van der Waals surface area contributed by atoms with Crippen LogP contribution >= 0.6 is 0 Å². The SMILES string of the molecule is Cc1c(F)cccc1-c1cc(N(CCO)CCO)ncc1N(C)C(=O)C(C)(C)c1cc(C(F)(F)F)cc(C(F)(F)F)c1. The molecule has 0 saturated heterocycles. The fraction of sp³-hybridized carbons (Fsp3) is 0.379. The Labute approximate surface area is 238 Å². The molecule has 0 unspecified atom stereocenters. The lowest BCUT2D eigenvalue weighted by Gasteiger charge is -2.32. The van der Waals surface area contributed by atoms with Crippen LogP contribution in [0.15, 0.2) is 48.7 Å². The van der Waals surface area contributed by atoms with Gasteiger partial charge in [0, 0.05) is 25.7 Å². The molecule has 42 heavy (non-hydrogen) atoms. The van der Waals surface area contributed by atoms with Gasteiger partial charge in [0.05, 0.1) is 41.6 Å². The molecule has 13 heteroatoms. The number of aliphatic hydroxyl groups is 2. The van der Waals surface area contributed by atoms with Gasteiger partial charge in [-0.25, -0.2) is 9.37 Å². The van der Waals surface area contributed by atoms with Crippen molar-refractivity contribution in [3.8, 4) is 11.1 Å². The Morgan fingerprint density at radius 1 is 0.857 bits per heavy atom. The summed E-state index contributed by atoms with van der Waals surface area (Å²) in [6.07, 6.45) is -8.94. The number of pyridine rings is 1. The van der Waals surface area contributed by atoms with Crippen LogP contribution in [-0.2, 0) is 22.6 Å². The Kier molecular flexibility index (Phi) is 9.57. The second-order valence-corrected chi connectivity index (χ2v) is 10.2. The molecule has 0 fully saturated rings. The van der Waals surface area contributed by atoms with E-state index in [9.17, 15) is 45.7 Å². The van der Waals surface area contributed by atoms with Crippen LogP contribution in [0.25, 0.3) is 11.1 Å². The standard InChI is InChI=1S/C29H30F7N3O3/c1-17-21(6-5-7-23(17)30)22-15-25(39(8-10-40)9-11-41)37-16-24(22)38(4)26(42)27(2,3)18-12-19(28(31,32)33)14-20(13-18)29(34,35)36/h5-7,12-16,40-41H,8-11H2,1-4H3. The number of halogens is 7. The molecule has 1 aromatic heterocycles. The molecule has 228 valence electrons. The van der Waals surface area contributed by atoms with Gasteiger partial charge in [-0.1, -0.05) is 12.1 Å². The zero-order valence-electron chi connectivity index (χ0n) is 23.2. The van der Waals surface area contributed by atoms with Crippen molar-refractivity contribution in [2.45, 2.75) is 38.5 Å². The van der Waals surface area contributed by atoms with Gasteiger partial charge in [-0.3, -0.25) is 4.79 Å². The number of rotatable bonds is 9. The minimum atomic E-state index is -5.10. The summed E-state index contributed by atoms with van der Waals surface area (Å²) < 4.78 is 95.8. The van der Waals surface area contributed by atoms with E-state index in [1.807, 2.05) is 0 Å². The summed E-state index contributed by atoms with van der Waals surface area (Å²) in [6.45, 7) is 3.55. The van der Waals surface area contributed by atoms with Gasteiger partial charge in [-0.2, -0.15) is 26.3 Å². The van der Waals surface area contributed by atoms with Gasteiger partial charge in [0.2, 0.25) is 5.91 Å². The highest BCUT2D eigenvalue weighted by Crippen LogP contribution is 2.41. The highest BCUT2D eigenvalue weighted by Gasteiger charge is 2.41. The minimum Gasteiger partial charge on any atom is -0.395 e. The lowest BCUT2D eigenvalue weighted by Crippen LogP contribution is -2.42. The van der Waals surface area contributed by atoms with Crippen LogP contribution in [-0.4, -0.2) is 54.5 Å². The average Bonchev–Trinajstić information content (AvgIpc) is 2.92. The fourth-order valence-corrected chi connectivity index (χ4v) is 4.54. The number of carbonyl (C=O) groups excluding carboxylic acids is 1. The summed E-state index contributed by atoms with van der Waals surface area (Å²) in [5.41, 5.74) is -4.56. The van der Waals surface area contributed by atoms with E-state index in [2.05, 4.69) is 4.98 Å². The molecule has 1 amide bonds. The van der Waals surface area contributed by atoms with Gasteiger partial charge < -0.3 is 20.0 Å². The maximum Gasteiger partial charge on any atom is 0.416 e. The van der Waals surface area contributed by atoms with Crippen molar-refractivity contribution in [3.05, 3.63) is 76.7 Å². The van der Waals surface area contributed by atoms with Crippen molar-refractivity contribution < 1.29 is 45.7 Å². The third kappa shape index (κ3) is 6.84. The van der Waals surface area contributed by atoms with Crippen molar-refractivity contribution in [2.24, 2.45) is 0 Å². The van der Waals surface area contributed by atoms with Crippen LogP contribution in [0.3, 0.4) is 0 Å². The van der Waals surface area contributed by atoms with Gasteiger partial charge in [0.15, 0.2) is 0 Å². The minimum absolute atomic E-state index is 0.00817. The zero-order chi connectivity index (χ0) is 31.6. The topological polar surface area (TPSA) is 76.9 Å². The second-order valence-electron chi connectivity index (χ2n) is 10.2. The summed E-state index contributed by atoms with van der Waals surface area (Å²) in [6, 6.07) is 6.78. The van der Waals surface area contributed by atoms with E-state index in [1.54, 1.807) is 11.0 Å². The predicted octanol–water partition coefficient (Wildman–Crippen LogP) is 5.97. The van der Waals surface area contributed by atoms with Crippen LogP contribution < -0.4 is 9.80 Å². The van der Waals surface area contributed by atoms with Gasteiger partial charge in [-0.05, 0) is 67.8 Å². The second kappa shape index (κ2) is 12.3. The lowest BCUT2D eigenvalue weighted by molar-refractivity contribution is -0.143. The zero-order valence-corrected chi connectivity index (χ0v) is 23.2. The smallest absolute Gasteiger partial charge is 0.395 e. The molecule has 0 aliphatic rings. The van der Waals surface area contributed by atoms with Crippen molar-refractivity contribution in [1.82, 2.24) is 4.98 Å². The third-order valence-electron chi connectivity index (χ3n) is 7.00. The van der Waals surface area contributed by atoms with E-state index in [4.69, 9.17) is 0 Å². The van der Waals surface area contributed by atoms with Gasteiger partial charge >= 0.3 is 12.4 Å². The summed E-state index contributed by atoms with van der Waals surface area (Å²) in [7, 11) is 1.29. The summed E-state index contributed by atoms with van der Waals surface area (Å²) in [5.74, 6) is -1.15. The van der Waals surface area contributed by atoms with Crippen LogP contribution in [0.1, 0.15) is 36.1 Å². The Bertz CT molecular complexity index is 1400. The fourth-order valence-electron chi connectivity index (χ4n) is 4.54. The first-order valence-corrected chi connectivity index (χ1v) is 12.7. The molecule has 6 nitrogen and oxygen atoms in total. The number of benzene rings is 2. The number of hydrogen-bond donors (Lipinski definition) is 2. The Morgan fingerprint density at radius 2 is 1.38 bits per heavy atom. The molecule has 3 aromatic rings. The first kappa shape index (κ1) is 32.8. The Hall–Kier alpha value is -3.71. The molecule has 0 bridgehead atoms. The summed E-state index contributed by atoms with van der Waals surface area (Å²) >= 11 is 0. The molecule has 0 aliphatic carbocycles. The van der Waals surface area contributed by atoms with E-state index in [-0.39, 0.29) is 55.0 Å². The number of hydrogen-bond acceptors (Lipinski definition) is 5. The predicted molar refractivity (Wildman–Crippen MR) is 144 cm³/mol.